The molecule has 2 unspecified atom stereocenters. The topological polar surface area (TPSA) is 32.8 Å². The van der Waals surface area contributed by atoms with Crippen molar-refractivity contribution in [2.24, 2.45) is 0 Å². The minimum Gasteiger partial charge on any atom is -0.444 e. The van der Waals surface area contributed by atoms with Gasteiger partial charge in [-0.2, -0.15) is 0 Å². The maximum atomic E-state index is 12.6. The van der Waals surface area contributed by atoms with Crippen LogP contribution in [-0.2, 0) is 11.3 Å². The van der Waals surface area contributed by atoms with Gasteiger partial charge < -0.3 is 9.64 Å². The number of carbonyl (C=O) groups excluding carboxylic acids is 1. The smallest absolute Gasteiger partial charge is 0.410 e. The molecule has 152 valence electrons. The Morgan fingerprint density at radius 3 is 2.33 bits per heavy atom. The van der Waals surface area contributed by atoms with E-state index < -0.39 is 5.60 Å². The van der Waals surface area contributed by atoms with Crippen molar-refractivity contribution in [2.75, 3.05) is 13.1 Å². The van der Waals surface area contributed by atoms with Crippen LogP contribution >= 0.6 is 0 Å². The van der Waals surface area contributed by atoms with Crippen molar-refractivity contribution in [3.05, 3.63) is 35.4 Å². The van der Waals surface area contributed by atoms with Crippen molar-refractivity contribution in [3.63, 3.8) is 0 Å². The molecule has 0 saturated carbocycles. The second-order valence-corrected chi connectivity index (χ2v) is 8.55. The van der Waals surface area contributed by atoms with Gasteiger partial charge in [0.05, 0.1) is 6.04 Å². The van der Waals surface area contributed by atoms with Gasteiger partial charge in [0.15, 0.2) is 0 Å². The molecule has 2 heterocycles. The van der Waals surface area contributed by atoms with Crippen molar-refractivity contribution in [3.8, 4) is 0 Å². The van der Waals surface area contributed by atoms with Gasteiger partial charge in [-0.15, -0.1) is 0 Å². The quantitative estimate of drug-likeness (QED) is 0.696. The number of benzene rings is 1. The number of rotatable bonds is 2. The molecule has 4 heteroatoms. The van der Waals surface area contributed by atoms with Crippen LogP contribution in [0.15, 0.2) is 24.3 Å². The van der Waals surface area contributed by atoms with Crippen LogP contribution in [0.2, 0.25) is 0 Å². The zero-order valence-corrected chi connectivity index (χ0v) is 18.1. The lowest BCUT2D eigenvalue weighted by molar-refractivity contribution is 0.0186. The lowest BCUT2D eigenvalue weighted by Crippen LogP contribution is -2.46. The number of carbonyl (C=O) groups is 1. The molecule has 1 aromatic carbocycles. The number of aryl methyl sites for hydroxylation is 1. The second kappa shape index (κ2) is 9.59. The molecule has 0 N–H and O–H groups in total. The van der Waals surface area contributed by atoms with Gasteiger partial charge in [-0.3, -0.25) is 4.90 Å². The summed E-state index contributed by atoms with van der Waals surface area (Å²) in [4.78, 5) is 17.2. The first kappa shape index (κ1) is 21.7. The van der Waals surface area contributed by atoms with Gasteiger partial charge in [-0.25, -0.2) is 4.79 Å². The average molecular weight is 375 g/mol. The summed E-state index contributed by atoms with van der Waals surface area (Å²) in [6, 6.07) is 9.59. The van der Waals surface area contributed by atoms with Gasteiger partial charge in [0.1, 0.15) is 5.60 Å². The van der Waals surface area contributed by atoms with E-state index in [1.807, 2.05) is 39.5 Å². The summed E-state index contributed by atoms with van der Waals surface area (Å²) in [7, 11) is 0. The predicted octanol–water partition coefficient (Wildman–Crippen LogP) is 5.39. The molecular weight excluding hydrogens is 336 g/mol. The van der Waals surface area contributed by atoms with Crippen LogP contribution in [0.3, 0.4) is 0 Å². The van der Waals surface area contributed by atoms with Crippen LogP contribution in [0, 0.1) is 6.92 Å². The predicted molar refractivity (Wildman–Crippen MR) is 112 cm³/mol. The molecule has 3 rings (SSSR count). The van der Waals surface area contributed by atoms with Crippen molar-refractivity contribution >= 4 is 6.09 Å². The molecule has 1 aromatic rings. The fraction of sp³-hybridized carbons (Fsp3) is 0.696. The second-order valence-electron chi connectivity index (χ2n) is 8.55. The van der Waals surface area contributed by atoms with E-state index in [0.29, 0.717) is 12.1 Å². The van der Waals surface area contributed by atoms with E-state index >= 15 is 0 Å². The third kappa shape index (κ3) is 5.97. The highest BCUT2D eigenvalue weighted by Crippen LogP contribution is 2.32. The highest BCUT2D eigenvalue weighted by Gasteiger charge is 2.42. The van der Waals surface area contributed by atoms with Gasteiger partial charge in [0.2, 0.25) is 0 Å². The SMILES string of the molecule is CC.Cc1ccc(CN2CCCCC3C2CCN3C(=O)OC(C)(C)C)cc1. The Morgan fingerprint density at radius 1 is 1.04 bits per heavy atom. The molecule has 2 saturated heterocycles. The number of fused-ring (bicyclic) bond motifs is 1. The molecular formula is C23H38N2O2. The molecule has 2 aliphatic heterocycles. The first-order valence-corrected chi connectivity index (χ1v) is 10.6. The number of amides is 1. The van der Waals surface area contributed by atoms with Gasteiger partial charge in [-0.1, -0.05) is 50.1 Å². The Bertz CT molecular complexity index is 591. The number of hydrogen-bond donors (Lipinski definition) is 0. The summed E-state index contributed by atoms with van der Waals surface area (Å²) >= 11 is 0. The standard InChI is InChI=1S/C21H32N2O2.C2H6/c1-16-8-10-17(11-9-16)15-22-13-6-5-7-19-18(22)12-14-23(19)20(24)25-21(2,3)4;1-2/h8-11,18-19H,5-7,12-15H2,1-4H3;1-2H3. The molecule has 0 bridgehead atoms. The monoisotopic (exact) mass is 374 g/mol. The first-order chi connectivity index (χ1) is 12.8. The summed E-state index contributed by atoms with van der Waals surface area (Å²) < 4.78 is 5.65. The average Bonchev–Trinajstić information content (AvgIpc) is 2.94. The molecule has 0 aromatic heterocycles. The normalized spacial score (nSPS) is 23.1. The van der Waals surface area contributed by atoms with E-state index in [0.717, 1.165) is 32.5 Å². The Balaban J connectivity index is 0.00000126. The summed E-state index contributed by atoms with van der Waals surface area (Å²) in [6.45, 7) is 14.9. The number of ether oxygens (including phenoxy) is 1. The van der Waals surface area contributed by atoms with Crippen molar-refractivity contribution in [2.45, 2.75) is 91.5 Å². The minimum absolute atomic E-state index is 0.141. The zero-order chi connectivity index (χ0) is 20.0. The van der Waals surface area contributed by atoms with Crippen molar-refractivity contribution in [1.29, 1.82) is 0 Å². The van der Waals surface area contributed by atoms with E-state index in [1.54, 1.807) is 0 Å². The van der Waals surface area contributed by atoms with Crippen LogP contribution in [0.4, 0.5) is 4.79 Å². The fourth-order valence-electron chi connectivity index (χ4n) is 4.12. The van der Waals surface area contributed by atoms with Gasteiger partial charge in [0.25, 0.3) is 0 Å². The first-order valence-electron chi connectivity index (χ1n) is 10.6. The Kier molecular flexibility index (Phi) is 7.72. The van der Waals surface area contributed by atoms with Gasteiger partial charge in [-0.05, 0) is 59.1 Å². The number of hydrogen-bond acceptors (Lipinski definition) is 3. The third-order valence-electron chi connectivity index (χ3n) is 5.31. The minimum atomic E-state index is -0.429. The van der Waals surface area contributed by atoms with Gasteiger partial charge >= 0.3 is 6.09 Å². The Morgan fingerprint density at radius 2 is 1.70 bits per heavy atom. The summed E-state index contributed by atoms with van der Waals surface area (Å²) in [6.07, 6.45) is 4.40. The maximum Gasteiger partial charge on any atom is 0.410 e. The van der Waals surface area contributed by atoms with Crippen LogP contribution < -0.4 is 0 Å². The molecule has 2 fully saturated rings. The van der Waals surface area contributed by atoms with E-state index in [2.05, 4.69) is 36.1 Å². The molecule has 0 aliphatic carbocycles. The molecule has 0 radical (unpaired) electrons. The van der Waals surface area contributed by atoms with Crippen LogP contribution in [0.1, 0.15) is 71.4 Å². The molecule has 2 aliphatic rings. The zero-order valence-electron chi connectivity index (χ0n) is 18.1. The molecule has 0 spiro atoms. The third-order valence-corrected chi connectivity index (χ3v) is 5.31. The van der Waals surface area contributed by atoms with Crippen LogP contribution in [0.25, 0.3) is 0 Å². The summed E-state index contributed by atoms with van der Waals surface area (Å²) in [5.41, 5.74) is 2.23. The van der Waals surface area contributed by atoms with E-state index in [1.165, 1.54) is 24.0 Å². The summed E-state index contributed by atoms with van der Waals surface area (Å²) in [5.74, 6) is 0. The molecule has 4 nitrogen and oxygen atoms in total. The maximum absolute atomic E-state index is 12.6. The van der Waals surface area contributed by atoms with Crippen LogP contribution in [0.5, 0.6) is 0 Å². The highest BCUT2D eigenvalue weighted by atomic mass is 16.6. The largest absolute Gasteiger partial charge is 0.444 e. The van der Waals surface area contributed by atoms with Gasteiger partial charge in [0, 0.05) is 19.1 Å². The lowest BCUT2D eigenvalue weighted by atomic mass is 10.0. The Hall–Kier alpha value is -1.55. The molecule has 2 atom stereocenters. The Labute approximate surface area is 165 Å². The van der Waals surface area contributed by atoms with Crippen molar-refractivity contribution in [1.82, 2.24) is 9.80 Å². The fourth-order valence-corrected chi connectivity index (χ4v) is 4.12. The van der Waals surface area contributed by atoms with Crippen LogP contribution in [-0.4, -0.2) is 46.7 Å². The van der Waals surface area contributed by atoms with E-state index in [4.69, 9.17) is 4.74 Å². The number of nitrogens with zero attached hydrogens (tertiary/aromatic N) is 2. The molecule has 1 amide bonds. The molecule has 27 heavy (non-hydrogen) atoms. The van der Waals surface area contributed by atoms with Crippen molar-refractivity contribution < 1.29 is 9.53 Å². The summed E-state index contributed by atoms with van der Waals surface area (Å²) in [5, 5.41) is 0. The number of likely N-dealkylation sites (tertiary alicyclic amines) is 2. The highest BCUT2D eigenvalue weighted by molar-refractivity contribution is 5.69. The van der Waals surface area contributed by atoms with E-state index in [9.17, 15) is 4.79 Å². The van der Waals surface area contributed by atoms with E-state index in [-0.39, 0.29) is 6.09 Å². The lowest BCUT2D eigenvalue weighted by Gasteiger charge is -2.34.